The maximum Gasteiger partial charge on any atom is 0.266 e. The van der Waals surface area contributed by atoms with Gasteiger partial charge in [-0.2, -0.15) is 0 Å². The molecule has 5 nitrogen and oxygen atoms in total. The van der Waals surface area contributed by atoms with Gasteiger partial charge in [0.2, 0.25) is 0 Å². The van der Waals surface area contributed by atoms with Crippen molar-refractivity contribution < 1.29 is 14.4 Å². The van der Waals surface area contributed by atoms with Gasteiger partial charge in [-0.05, 0) is 54.6 Å². The van der Waals surface area contributed by atoms with Crippen LogP contribution in [0.4, 0.5) is 11.4 Å². The monoisotopic (exact) mass is 390 g/mol. The van der Waals surface area contributed by atoms with Crippen molar-refractivity contribution in [2.24, 2.45) is 0 Å². The van der Waals surface area contributed by atoms with E-state index in [2.05, 4.69) is 17.2 Å². The minimum atomic E-state index is -0.506. The number of amides is 3. The van der Waals surface area contributed by atoms with Crippen molar-refractivity contribution in [1.82, 2.24) is 0 Å². The number of benzene rings is 3. The highest BCUT2D eigenvalue weighted by Gasteiger charge is 2.37. The van der Waals surface area contributed by atoms with Crippen molar-refractivity contribution in [1.29, 1.82) is 0 Å². The number of hydrogen-bond donors (Lipinski definition) is 1. The molecule has 0 spiro atoms. The second-order valence-electron chi connectivity index (χ2n) is 6.58. The molecule has 30 heavy (non-hydrogen) atoms. The number of nitrogens with zero attached hydrogens (tertiary/aromatic N) is 1. The number of rotatable bonds is 3. The number of hydrogen-bond acceptors (Lipinski definition) is 3. The van der Waals surface area contributed by atoms with Gasteiger partial charge in [-0.3, -0.25) is 14.4 Å². The van der Waals surface area contributed by atoms with E-state index < -0.39 is 17.7 Å². The molecule has 3 aromatic rings. The zero-order valence-electron chi connectivity index (χ0n) is 15.7. The second kappa shape index (κ2) is 7.43. The van der Waals surface area contributed by atoms with Crippen LogP contribution in [0.15, 0.2) is 66.7 Å². The van der Waals surface area contributed by atoms with Crippen molar-refractivity contribution in [3.05, 3.63) is 94.5 Å². The minimum Gasteiger partial charge on any atom is -0.322 e. The predicted octanol–water partition coefficient (Wildman–Crippen LogP) is 3.70. The summed E-state index contributed by atoms with van der Waals surface area (Å²) in [6, 6.07) is 17.9. The summed E-state index contributed by atoms with van der Waals surface area (Å²) < 4.78 is 0. The number of carbonyl (C=O) groups is 3. The average molecular weight is 390 g/mol. The summed E-state index contributed by atoms with van der Waals surface area (Å²) in [5.74, 6) is 3.60. The van der Waals surface area contributed by atoms with Crippen molar-refractivity contribution in [2.45, 2.75) is 0 Å². The minimum absolute atomic E-state index is 0.163. The Morgan fingerprint density at radius 2 is 1.47 bits per heavy atom. The number of terminal acetylenes is 2. The highest BCUT2D eigenvalue weighted by molar-refractivity contribution is 6.34. The van der Waals surface area contributed by atoms with Crippen LogP contribution in [0.2, 0.25) is 0 Å². The summed E-state index contributed by atoms with van der Waals surface area (Å²) in [5, 5.41) is 2.74. The van der Waals surface area contributed by atoms with E-state index in [1.165, 1.54) is 18.2 Å². The topological polar surface area (TPSA) is 66.5 Å². The molecule has 142 valence electrons. The number of imide groups is 1. The Morgan fingerprint density at radius 1 is 0.800 bits per heavy atom. The number of nitrogens with one attached hydrogen (secondary N) is 1. The summed E-state index contributed by atoms with van der Waals surface area (Å²) in [7, 11) is 0. The molecule has 3 aromatic carbocycles. The van der Waals surface area contributed by atoms with Crippen LogP contribution in [0.25, 0.3) is 0 Å². The average Bonchev–Trinajstić information content (AvgIpc) is 3.03. The number of anilines is 2. The molecule has 5 heteroatoms. The van der Waals surface area contributed by atoms with Crippen LogP contribution in [0.5, 0.6) is 0 Å². The van der Waals surface area contributed by atoms with Crippen LogP contribution in [0.1, 0.15) is 42.2 Å². The Balaban J connectivity index is 1.64. The van der Waals surface area contributed by atoms with Crippen LogP contribution >= 0.6 is 0 Å². The third-order valence-corrected chi connectivity index (χ3v) is 4.71. The highest BCUT2D eigenvalue weighted by Crippen LogP contribution is 2.29. The third-order valence-electron chi connectivity index (χ3n) is 4.71. The third kappa shape index (κ3) is 3.22. The molecule has 0 bridgehead atoms. The lowest BCUT2D eigenvalue weighted by atomic mass is 10.1. The first-order valence-electron chi connectivity index (χ1n) is 8.99. The summed E-state index contributed by atoms with van der Waals surface area (Å²) in [6.45, 7) is 0. The molecule has 0 radical (unpaired) electrons. The van der Waals surface area contributed by atoms with Crippen molar-refractivity contribution in [3.8, 4) is 24.7 Å². The molecular weight excluding hydrogens is 376 g/mol. The van der Waals surface area contributed by atoms with Gasteiger partial charge in [-0.25, -0.2) is 4.90 Å². The molecule has 3 amide bonds. The van der Waals surface area contributed by atoms with Gasteiger partial charge in [0.05, 0.1) is 16.8 Å². The molecule has 0 unspecified atom stereocenters. The largest absolute Gasteiger partial charge is 0.322 e. The molecule has 0 aromatic heterocycles. The fourth-order valence-corrected chi connectivity index (χ4v) is 3.24. The molecule has 1 aliphatic rings. The van der Waals surface area contributed by atoms with Crippen LogP contribution in [0, 0.1) is 24.7 Å². The van der Waals surface area contributed by atoms with E-state index in [-0.39, 0.29) is 16.7 Å². The fourth-order valence-electron chi connectivity index (χ4n) is 3.24. The van der Waals surface area contributed by atoms with Gasteiger partial charge < -0.3 is 5.32 Å². The fraction of sp³-hybridized carbons (Fsp3) is 0. The Labute approximate surface area is 173 Å². The van der Waals surface area contributed by atoms with E-state index in [4.69, 9.17) is 12.8 Å². The second-order valence-corrected chi connectivity index (χ2v) is 6.58. The van der Waals surface area contributed by atoms with E-state index in [9.17, 15) is 14.4 Å². The van der Waals surface area contributed by atoms with Crippen molar-refractivity contribution in [3.63, 3.8) is 0 Å². The highest BCUT2D eigenvalue weighted by atomic mass is 16.2. The van der Waals surface area contributed by atoms with Gasteiger partial charge in [0.1, 0.15) is 0 Å². The number of carbonyl (C=O) groups excluding carboxylic acids is 3. The van der Waals surface area contributed by atoms with Gasteiger partial charge in [0.25, 0.3) is 17.7 Å². The van der Waals surface area contributed by atoms with Crippen LogP contribution < -0.4 is 10.2 Å². The van der Waals surface area contributed by atoms with E-state index in [0.29, 0.717) is 22.5 Å². The lowest BCUT2D eigenvalue weighted by Gasteiger charge is -2.13. The molecule has 0 aliphatic carbocycles. The van der Waals surface area contributed by atoms with E-state index >= 15 is 0 Å². The van der Waals surface area contributed by atoms with Gasteiger partial charge in [-0.15, -0.1) is 12.8 Å². The Kier molecular flexibility index (Phi) is 4.64. The maximum atomic E-state index is 12.9. The zero-order chi connectivity index (χ0) is 21.3. The molecule has 0 fully saturated rings. The molecular formula is C25H14N2O3. The maximum absolute atomic E-state index is 12.9. The molecule has 1 N–H and O–H groups in total. The first kappa shape index (κ1) is 18.7. The molecule has 0 atom stereocenters. The summed E-state index contributed by atoms with van der Waals surface area (Å²) >= 11 is 0. The van der Waals surface area contributed by atoms with Gasteiger partial charge >= 0.3 is 0 Å². The van der Waals surface area contributed by atoms with Gasteiger partial charge in [0, 0.05) is 22.4 Å². The Morgan fingerprint density at radius 3 is 2.20 bits per heavy atom. The SMILES string of the molecule is C#Cc1cccc(NC(=O)c2ccc3c(c2)C(=O)N(c2cccc(C#C)c2)C3=O)c1. The van der Waals surface area contributed by atoms with E-state index in [1.54, 1.807) is 48.5 Å². The van der Waals surface area contributed by atoms with Crippen LogP contribution in [-0.2, 0) is 0 Å². The van der Waals surface area contributed by atoms with E-state index in [1.807, 2.05) is 0 Å². The zero-order valence-corrected chi connectivity index (χ0v) is 15.7. The first-order chi connectivity index (χ1) is 14.5. The molecule has 1 aliphatic heterocycles. The van der Waals surface area contributed by atoms with Crippen molar-refractivity contribution >= 4 is 29.1 Å². The smallest absolute Gasteiger partial charge is 0.266 e. The summed E-state index contributed by atoms with van der Waals surface area (Å²) in [6.07, 6.45) is 10.8. The molecule has 4 rings (SSSR count). The summed E-state index contributed by atoms with van der Waals surface area (Å²) in [5.41, 5.74) is 2.75. The Hall–Kier alpha value is -4.61. The lowest BCUT2D eigenvalue weighted by molar-refractivity contribution is 0.0925. The lowest BCUT2D eigenvalue weighted by Crippen LogP contribution is -2.29. The van der Waals surface area contributed by atoms with Gasteiger partial charge in [-0.1, -0.05) is 24.0 Å². The normalized spacial score (nSPS) is 12.1. The van der Waals surface area contributed by atoms with E-state index in [0.717, 1.165) is 4.90 Å². The summed E-state index contributed by atoms with van der Waals surface area (Å²) in [4.78, 5) is 39.4. The van der Waals surface area contributed by atoms with Crippen LogP contribution in [0.3, 0.4) is 0 Å². The van der Waals surface area contributed by atoms with Gasteiger partial charge in [0.15, 0.2) is 0 Å². The van der Waals surface area contributed by atoms with Crippen molar-refractivity contribution in [2.75, 3.05) is 10.2 Å². The molecule has 0 saturated carbocycles. The van der Waals surface area contributed by atoms with Crippen LogP contribution in [-0.4, -0.2) is 17.7 Å². The Bertz CT molecular complexity index is 1310. The molecule has 0 saturated heterocycles. The predicted molar refractivity (Wildman–Crippen MR) is 114 cm³/mol. The first-order valence-corrected chi connectivity index (χ1v) is 8.99. The number of fused-ring (bicyclic) bond motifs is 1. The molecule has 1 heterocycles. The standard InChI is InChI=1S/C25H14N2O3/c1-3-16-7-5-9-19(13-16)26-23(28)18-11-12-21-22(15-18)25(30)27(24(21)29)20-10-6-8-17(4-2)14-20/h1-2,5-15H,(H,26,28). The quantitative estimate of drug-likeness (QED) is 0.548.